The highest BCUT2D eigenvalue weighted by atomic mass is 35.5. The molecule has 102 valence electrons. The van der Waals surface area contributed by atoms with Crippen LogP contribution in [-0.2, 0) is 5.75 Å². The maximum atomic E-state index is 6.08. The van der Waals surface area contributed by atoms with Gasteiger partial charge in [-0.1, -0.05) is 42.7 Å². The molecule has 0 fully saturated rings. The van der Waals surface area contributed by atoms with E-state index in [0.29, 0.717) is 17.5 Å². The van der Waals surface area contributed by atoms with Crippen molar-refractivity contribution in [2.45, 2.75) is 30.5 Å². The van der Waals surface area contributed by atoms with Crippen LogP contribution in [0.1, 0.15) is 31.6 Å². The third kappa shape index (κ3) is 3.72. The van der Waals surface area contributed by atoms with Crippen molar-refractivity contribution in [1.29, 1.82) is 0 Å². The van der Waals surface area contributed by atoms with E-state index in [4.69, 9.17) is 21.9 Å². The first-order valence-electron chi connectivity index (χ1n) is 6.03. The average molecular weight is 298 g/mol. The highest BCUT2D eigenvalue weighted by Gasteiger charge is 2.18. The molecule has 1 atom stereocenters. The molecular formula is C13H16ClN3OS. The summed E-state index contributed by atoms with van der Waals surface area (Å²) in [4.78, 5) is 5.31. The van der Waals surface area contributed by atoms with Crippen LogP contribution >= 0.6 is 23.4 Å². The largest absolute Gasteiger partial charge is 0.338 e. The van der Waals surface area contributed by atoms with Crippen molar-refractivity contribution in [3.8, 4) is 0 Å². The van der Waals surface area contributed by atoms with Crippen molar-refractivity contribution in [2.75, 3.05) is 0 Å². The molecule has 0 bridgehead atoms. The van der Waals surface area contributed by atoms with E-state index in [1.54, 1.807) is 11.8 Å². The van der Waals surface area contributed by atoms with Gasteiger partial charge in [-0.25, -0.2) is 0 Å². The summed E-state index contributed by atoms with van der Waals surface area (Å²) in [5.74, 6) is 2.00. The first kappa shape index (κ1) is 14.4. The Morgan fingerprint density at radius 1 is 1.37 bits per heavy atom. The van der Waals surface area contributed by atoms with E-state index < -0.39 is 0 Å². The molecule has 1 aromatic carbocycles. The molecule has 0 amide bonds. The van der Waals surface area contributed by atoms with Gasteiger partial charge in [0.15, 0.2) is 5.82 Å². The van der Waals surface area contributed by atoms with E-state index in [-0.39, 0.29) is 12.0 Å². The summed E-state index contributed by atoms with van der Waals surface area (Å²) in [6, 6.07) is 7.46. The lowest BCUT2D eigenvalue weighted by molar-refractivity contribution is 0.323. The molecule has 0 radical (unpaired) electrons. The Morgan fingerprint density at radius 3 is 2.79 bits per heavy atom. The maximum Gasteiger partial charge on any atom is 0.243 e. The zero-order valence-electron chi connectivity index (χ0n) is 10.8. The Kier molecular flexibility index (Phi) is 4.85. The number of thioether (sulfide) groups is 1. The normalized spacial score (nSPS) is 12.9. The lowest BCUT2D eigenvalue weighted by atomic mass is 10.1. The van der Waals surface area contributed by atoms with Crippen molar-refractivity contribution < 1.29 is 4.52 Å². The second-order valence-electron chi connectivity index (χ2n) is 4.54. The molecule has 0 aliphatic carbocycles. The molecule has 1 unspecified atom stereocenters. The van der Waals surface area contributed by atoms with Gasteiger partial charge in [-0.05, 0) is 18.1 Å². The molecule has 0 saturated heterocycles. The highest BCUT2D eigenvalue weighted by Crippen LogP contribution is 2.29. The summed E-state index contributed by atoms with van der Waals surface area (Å²) in [6.45, 7) is 4.04. The van der Waals surface area contributed by atoms with Crippen LogP contribution in [0.15, 0.2) is 33.7 Å². The maximum absolute atomic E-state index is 6.08. The zero-order valence-corrected chi connectivity index (χ0v) is 12.4. The van der Waals surface area contributed by atoms with Gasteiger partial charge in [-0.15, -0.1) is 11.8 Å². The van der Waals surface area contributed by atoms with E-state index in [2.05, 4.69) is 10.1 Å². The van der Waals surface area contributed by atoms with Gasteiger partial charge in [0, 0.05) is 4.90 Å². The van der Waals surface area contributed by atoms with Gasteiger partial charge in [-0.3, -0.25) is 0 Å². The minimum absolute atomic E-state index is 0.216. The van der Waals surface area contributed by atoms with Crippen LogP contribution in [0.25, 0.3) is 0 Å². The summed E-state index contributed by atoms with van der Waals surface area (Å²) in [6.07, 6.45) is 0. The monoisotopic (exact) mass is 297 g/mol. The number of hydrogen-bond acceptors (Lipinski definition) is 5. The second kappa shape index (κ2) is 6.41. The van der Waals surface area contributed by atoms with Crippen LogP contribution in [0.4, 0.5) is 0 Å². The average Bonchev–Trinajstić information content (AvgIpc) is 2.85. The van der Waals surface area contributed by atoms with Gasteiger partial charge in [0.2, 0.25) is 5.89 Å². The molecular weight excluding hydrogens is 282 g/mol. The second-order valence-corrected chi connectivity index (χ2v) is 5.96. The van der Waals surface area contributed by atoms with Gasteiger partial charge < -0.3 is 10.3 Å². The van der Waals surface area contributed by atoms with Crippen LogP contribution in [-0.4, -0.2) is 10.1 Å². The van der Waals surface area contributed by atoms with Gasteiger partial charge in [0.25, 0.3) is 0 Å². The molecule has 1 aromatic heterocycles. The number of nitrogens with two attached hydrogens (primary N) is 1. The SMILES string of the molecule is CC(C)C(N)c1nc(CSc2ccccc2Cl)no1. The summed E-state index contributed by atoms with van der Waals surface area (Å²) < 4.78 is 5.17. The number of halogens is 1. The third-order valence-electron chi connectivity index (χ3n) is 2.68. The highest BCUT2D eigenvalue weighted by molar-refractivity contribution is 7.98. The lowest BCUT2D eigenvalue weighted by Gasteiger charge is -2.09. The quantitative estimate of drug-likeness (QED) is 0.853. The number of aromatic nitrogens is 2. The van der Waals surface area contributed by atoms with Crippen LogP contribution in [0.2, 0.25) is 5.02 Å². The van der Waals surface area contributed by atoms with E-state index in [1.807, 2.05) is 38.1 Å². The van der Waals surface area contributed by atoms with Crippen LogP contribution < -0.4 is 5.73 Å². The number of rotatable bonds is 5. The molecule has 2 N–H and O–H groups in total. The first-order valence-corrected chi connectivity index (χ1v) is 7.39. The molecule has 0 aliphatic rings. The Balaban J connectivity index is 1.99. The van der Waals surface area contributed by atoms with Gasteiger partial charge >= 0.3 is 0 Å². The van der Waals surface area contributed by atoms with E-state index in [0.717, 1.165) is 9.92 Å². The predicted octanol–water partition coefficient (Wildman–Crippen LogP) is 3.67. The van der Waals surface area contributed by atoms with E-state index >= 15 is 0 Å². The smallest absolute Gasteiger partial charge is 0.243 e. The third-order valence-corrected chi connectivity index (χ3v) is 4.19. The molecule has 0 saturated carbocycles. The minimum atomic E-state index is -0.216. The fraction of sp³-hybridized carbons (Fsp3) is 0.385. The molecule has 1 heterocycles. The lowest BCUT2D eigenvalue weighted by Crippen LogP contribution is -2.17. The fourth-order valence-corrected chi connectivity index (χ4v) is 2.53. The van der Waals surface area contributed by atoms with E-state index in [1.165, 1.54) is 0 Å². The Bertz CT molecular complexity index is 544. The summed E-state index contributed by atoms with van der Waals surface area (Å²) in [5, 5.41) is 4.67. The summed E-state index contributed by atoms with van der Waals surface area (Å²) >= 11 is 7.66. The van der Waals surface area contributed by atoms with Crippen molar-refractivity contribution in [2.24, 2.45) is 11.7 Å². The number of hydrogen-bond donors (Lipinski definition) is 1. The molecule has 2 aromatic rings. The van der Waals surface area contributed by atoms with Crippen LogP contribution in [0.3, 0.4) is 0 Å². The molecule has 2 rings (SSSR count). The number of benzene rings is 1. The number of nitrogens with zero attached hydrogens (tertiary/aromatic N) is 2. The molecule has 0 aliphatic heterocycles. The van der Waals surface area contributed by atoms with Crippen molar-refractivity contribution in [3.05, 3.63) is 41.0 Å². The molecule has 19 heavy (non-hydrogen) atoms. The fourth-order valence-electron chi connectivity index (χ4n) is 1.45. The minimum Gasteiger partial charge on any atom is -0.338 e. The summed E-state index contributed by atoms with van der Waals surface area (Å²) in [5.41, 5.74) is 5.96. The van der Waals surface area contributed by atoms with Crippen LogP contribution in [0, 0.1) is 5.92 Å². The Morgan fingerprint density at radius 2 is 2.11 bits per heavy atom. The molecule has 6 heteroatoms. The molecule has 4 nitrogen and oxygen atoms in total. The van der Waals surface area contributed by atoms with Crippen molar-refractivity contribution in [1.82, 2.24) is 10.1 Å². The van der Waals surface area contributed by atoms with E-state index in [9.17, 15) is 0 Å². The Labute approximate surface area is 121 Å². The van der Waals surface area contributed by atoms with Crippen LogP contribution in [0.5, 0.6) is 0 Å². The predicted molar refractivity (Wildman–Crippen MR) is 77.1 cm³/mol. The molecule has 0 spiro atoms. The summed E-state index contributed by atoms with van der Waals surface area (Å²) in [7, 11) is 0. The first-order chi connectivity index (χ1) is 9.08. The standard InChI is InChI=1S/C13H16ClN3OS/c1-8(2)12(15)13-16-11(17-18-13)7-19-10-6-4-3-5-9(10)14/h3-6,8,12H,7,15H2,1-2H3. The van der Waals surface area contributed by atoms with Gasteiger partial charge in [-0.2, -0.15) is 4.98 Å². The van der Waals surface area contributed by atoms with Crippen molar-refractivity contribution in [3.63, 3.8) is 0 Å². The topological polar surface area (TPSA) is 64.9 Å². The Hall–Kier alpha value is -1.04. The van der Waals surface area contributed by atoms with Gasteiger partial charge in [0.05, 0.1) is 16.8 Å². The van der Waals surface area contributed by atoms with Crippen molar-refractivity contribution >= 4 is 23.4 Å². The zero-order chi connectivity index (χ0) is 13.8. The van der Waals surface area contributed by atoms with Gasteiger partial charge in [0.1, 0.15) is 0 Å².